The van der Waals surface area contributed by atoms with Crippen LogP contribution in [0.1, 0.15) is 12.8 Å². The summed E-state index contributed by atoms with van der Waals surface area (Å²) in [6.45, 7) is 0. The fourth-order valence-corrected chi connectivity index (χ4v) is 2.72. The van der Waals surface area contributed by atoms with Gasteiger partial charge in [0.05, 0.1) is 11.4 Å². The first-order valence-corrected chi connectivity index (χ1v) is 8.33. The van der Waals surface area contributed by atoms with Gasteiger partial charge in [-0.1, -0.05) is 6.07 Å². The van der Waals surface area contributed by atoms with Crippen molar-refractivity contribution in [2.24, 2.45) is 0 Å². The summed E-state index contributed by atoms with van der Waals surface area (Å²) < 4.78 is 42.5. The topological polar surface area (TPSA) is 37.0 Å². The Labute approximate surface area is 148 Å². The first-order valence-electron chi connectivity index (χ1n) is 8.33. The van der Waals surface area contributed by atoms with E-state index in [1.54, 1.807) is 30.6 Å². The third-order valence-corrected chi connectivity index (χ3v) is 4.27. The van der Waals surface area contributed by atoms with Crippen molar-refractivity contribution in [3.63, 3.8) is 0 Å². The molecule has 3 nitrogen and oxygen atoms in total. The maximum atomic E-state index is 14.5. The van der Waals surface area contributed by atoms with Gasteiger partial charge in [0.25, 0.3) is 0 Å². The molecule has 0 saturated heterocycles. The summed E-state index contributed by atoms with van der Waals surface area (Å²) in [7, 11) is 0. The predicted molar refractivity (Wildman–Crippen MR) is 95.9 cm³/mol. The normalized spacial score (nSPS) is 13.5. The lowest BCUT2D eigenvalue weighted by Crippen LogP contribution is -2.07. The Bertz CT molecular complexity index is 941. The van der Waals surface area contributed by atoms with Crippen LogP contribution in [0.5, 0.6) is 0 Å². The summed E-state index contributed by atoms with van der Waals surface area (Å²) in [5.41, 5.74) is 1.90. The molecule has 1 aliphatic rings. The van der Waals surface area contributed by atoms with Gasteiger partial charge >= 0.3 is 0 Å². The zero-order valence-corrected chi connectivity index (χ0v) is 13.8. The molecule has 1 saturated carbocycles. The zero-order chi connectivity index (χ0) is 18.1. The third-order valence-electron chi connectivity index (χ3n) is 4.27. The molecule has 1 heterocycles. The minimum absolute atomic E-state index is 0.0751. The molecule has 2 aromatic carbocycles. The molecule has 132 valence electrons. The van der Waals surface area contributed by atoms with Crippen LogP contribution in [0.15, 0.2) is 54.9 Å². The fraction of sp³-hybridized carbons (Fsp3) is 0.150. The van der Waals surface area contributed by atoms with Crippen LogP contribution in [0.3, 0.4) is 0 Å². The molecule has 0 bridgehead atoms. The van der Waals surface area contributed by atoms with Gasteiger partial charge in [-0.2, -0.15) is 0 Å². The summed E-state index contributed by atoms with van der Waals surface area (Å²) in [5.74, 6) is -2.57. The molecule has 0 amide bonds. The Balaban J connectivity index is 1.66. The van der Waals surface area contributed by atoms with Gasteiger partial charge < -0.3 is 10.6 Å². The highest BCUT2D eigenvalue weighted by Crippen LogP contribution is 2.35. The van der Waals surface area contributed by atoms with Crippen molar-refractivity contribution in [2.45, 2.75) is 18.9 Å². The minimum Gasteiger partial charge on any atom is -0.381 e. The van der Waals surface area contributed by atoms with Gasteiger partial charge in [0.2, 0.25) is 0 Å². The minimum atomic E-state index is -1.03. The van der Waals surface area contributed by atoms with Crippen LogP contribution in [0.4, 0.5) is 30.2 Å². The second-order valence-corrected chi connectivity index (χ2v) is 6.26. The maximum Gasteiger partial charge on any atom is 0.184 e. The Morgan fingerprint density at radius 1 is 0.808 bits per heavy atom. The van der Waals surface area contributed by atoms with Crippen LogP contribution in [-0.2, 0) is 0 Å². The van der Waals surface area contributed by atoms with E-state index in [4.69, 9.17) is 0 Å². The van der Waals surface area contributed by atoms with Gasteiger partial charge in [0, 0.05) is 18.4 Å². The summed E-state index contributed by atoms with van der Waals surface area (Å²) in [6.07, 6.45) is 5.20. The molecule has 3 aromatic rings. The quantitative estimate of drug-likeness (QED) is 0.636. The standard InChI is InChI=1S/C20H16F3N3/c21-15-4-6-18(25-14-2-3-14)20(19(15)23)26-17-5-1-13(11-16(17)22)12-7-9-24-10-8-12/h1,4-11,14,25-26H,2-3H2. The summed E-state index contributed by atoms with van der Waals surface area (Å²) >= 11 is 0. The van der Waals surface area contributed by atoms with Gasteiger partial charge in [-0.25, -0.2) is 13.2 Å². The Morgan fingerprint density at radius 3 is 2.23 bits per heavy atom. The van der Waals surface area contributed by atoms with Gasteiger partial charge in [-0.3, -0.25) is 4.98 Å². The number of pyridine rings is 1. The second kappa shape index (κ2) is 6.71. The van der Waals surface area contributed by atoms with Crippen molar-refractivity contribution >= 4 is 17.1 Å². The molecule has 1 aromatic heterocycles. The van der Waals surface area contributed by atoms with E-state index < -0.39 is 17.5 Å². The average molecular weight is 355 g/mol. The number of benzene rings is 2. The van der Waals surface area contributed by atoms with Gasteiger partial charge in [0.1, 0.15) is 11.5 Å². The largest absolute Gasteiger partial charge is 0.381 e. The van der Waals surface area contributed by atoms with Crippen LogP contribution in [0.2, 0.25) is 0 Å². The molecule has 0 atom stereocenters. The monoisotopic (exact) mass is 355 g/mol. The Hall–Kier alpha value is -3.02. The first kappa shape index (κ1) is 16.4. The van der Waals surface area contributed by atoms with E-state index in [9.17, 15) is 13.2 Å². The molecule has 0 aliphatic heterocycles. The van der Waals surface area contributed by atoms with E-state index in [2.05, 4.69) is 15.6 Å². The highest BCUT2D eigenvalue weighted by atomic mass is 19.2. The molecule has 1 fully saturated rings. The van der Waals surface area contributed by atoms with Gasteiger partial charge in [-0.05, 0) is 60.4 Å². The number of rotatable bonds is 5. The molecule has 0 spiro atoms. The summed E-state index contributed by atoms with van der Waals surface area (Å²) in [4.78, 5) is 3.93. The van der Waals surface area contributed by atoms with Crippen molar-refractivity contribution in [2.75, 3.05) is 10.6 Å². The van der Waals surface area contributed by atoms with E-state index in [1.807, 2.05) is 0 Å². The van der Waals surface area contributed by atoms with Gasteiger partial charge in [-0.15, -0.1) is 0 Å². The number of nitrogens with one attached hydrogen (secondary N) is 2. The second-order valence-electron chi connectivity index (χ2n) is 6.26. The van der Waals surface area contributed by atoms with E-state index in [0.29, 0.717) is 11.3 Å². The van der Waals surface area contributed by atoms with Crippen LogP contribution in [0, 0.1) is 17.5 Å². The SMILES string of the molecule is Fc1cc(-c2ccncc2)ccc1Nc1c(NC2CC2)ccc(F)c1F. The number of halogens is 3. The molecule has 2 N–H and O–H groups in total. The van der Waals surface area contributed by atoms with Crippen molar-refractivity contribution < 1.29 is 13.2 Å². The summed E-state index contributed by atoms with van der Waals surface area (Å²) in [5, 5.41) is 5.83. The van der Waals surface area contributed by atoms with Crippen molar-refractivity contribution in [3.05, 3.63) is 72.3 Å². The molecule has 1 aliphatic carbocycles. The third kappa shape index (κ3) is 3.35. The van der Waals surface area contributed by atoms with Crippen molar-refractivity contribution in [1.29, 1.82) is 0 Å². The average Bonchev–Trinajstić information content (AvgIpc) is 3.47. The van der Waals surface area contributed by atoms with E-state index in [-0.39, 0.29) is 17.4 Å². The number of hydrogen-bond donors (Lipinski definition) is 2. The number of anilines is 3. The molecule has 0 unspecified atom stereocenters. The zero-order valence-electron chi connectivity index (χ0n) is 13.8. The highest BCUT2D eigenvalue weighted by Gasteiger charge is 2.24. The lowest BCUT2D eigenvalue weighted by molar-refractivity contribution is 0.512. The van der Waals surface area contributed by atoms with E-state index >= 15 is 0 Å². The lowest BCUT2D eigenvalue weighted by atomic mass is 10.1. The van der Waals surface area contributed by atoms with Gasteiger partial charge in [0.15, 0.2) is 11.6 Å². The van der Waals surface area contributed by atoms with Crippen LogP contribution in [-0.4, -0.2) is 11.0 Å². The molecule has 4 rings (SSSR count). The van der Waals surface area contributed by atoms with Crippen LogP contribution < -0.4 is 10.6 Å². The van der Waals surface area contributed by atoms with Crippen LogP contribution in [0.25, 0.3) is 11.1 Å². The number of aromatic nitrogens is 1. The molecular weight excluding hydrogens is 339 g/mol. The van der Waals surface area contributed by atoms with E-state index in [1.165, 1.54) is 18.2 Å². The molecule has 6 heteroatoms. The lowest BCUT2D eigenvalue weighted by Gasteiger charge is -2.16. The summed E-state index contributed by atoms with van der Waals surface area (Å²) in [6, 6.07) is 10.9. The Morgan fingerprint density at radius 2 is 1.54 bits per heavy atom. The molecule has 26 heavy (non-hydrogen) atoms. The van der Waals surface area contributed by atoms with E-state index in [0.717, 1.165) is 24.5 Å². The molecule has 0 radical (unpaired) electrons. The Kier molecular flexibility index (Phi) is 4.24. The predicted octanol–water partition coefficient (Wildman–Crippen LogP) is 5.48. The number of nitrogens with zero attached hydrogens (tertiary/aromatic N) is 1. The van der Waals surface area contributed by atoms with Crippen LogP contribution >= 0.6 is 0 Å². The molecular formula is C20H16F3N3. The highest BCUT2D eigenvalue weighted by molar-refractivity contribution is 5.77. The first-order chi connectivity index (χ1) is 12.6. The van der Waals surface area contributed by atoms with Crippen molar-refractivity contribution in [1.82, 2.24) is 4.98 Å². The maximum absolute atomic E-state index is 14.5. The fourth-order valence-electron chi connectivity index (χ4n) is 2.72. The number of hydrogen-bond acceptors (Lipinski definition) is 3. The van der Waals surface area contributed by atoms with Crippen molar-refractivity contribution in [3.8, 4) is 11.1 Å². The smallest absolute Gasteiger partial charge is 0.184 e.